The van der Waals surface area contributed by atoms with Crippen LogP contribution in [0.4, 0.5) is 0 Å². The third kappa shape index (κ3) is 5.98. The van der Waals surface area contributed by atoms with Crippen LogP contribution in [0.1, 0.15) is 34.6 Å². The lowest BCUT2D eigenvalue weighted by Crippen LogP contribution is -2.24. The van der Waals surface area contributed by atoms with E-state index in [2.05, 4.69) is 0 Å². The van der Waals surface area contributed by atoms with Crippen molar-refractivity contribution in [2.75, 3.05) is 33.0 Å². The second-order valence-electron chi connectivity index (χ2n) is 6.13. The number of rotatable bonds is 8. The zero-order valence-electron chi connectivity index (χ0n) is 14.0. The molecule has 0 aromatic heterocycles. The Balaban J connectivity index is 1.69. The van der Waals surface area contributed by atoms with Gasteiger partial charge < -0.3 is 32.5 Å². The average Bonchev–Trinajstić information content (AvgIpc) is 2.95. The van der Waals surface area contributed by atoms with Crippen LogP contribution in [0, 0.1) is 0 Å². The molecule has 8 heteroatoms. The first-order valence-electron chi connectivity index (χ1n) is 7.62. The first-order chi connectivity index (χ1) is 10.3. The normalized spacial score (nSPS) is 31.5. The summed E-state index contributed by atoms with van der Waals surface area (Å²) in [6, 6.07) is 0. The Kier molecular flexibility index (Phi) is 6.57. The van der Waals surface area contributed by atoms with E-state index < -0.39 is 20.2 Å². The van der Waals surface area contributed by atoms with Crippen molar-refractivity contribution in [1.82, 2.24) is 0 Å². The SMILES string of the molecule is CCOP(OCC1COC(C)(C)O1)OCC1COC(C)(C)O1. The molecular formula is C14H27O7P. The highest BCUT2D eigenvalue weighted by atomic mass is 31.2. The Bertz CT molecular complexity index is 320. The van der Waals surface area contributed by atoms with Crippen LogP contribution >= 0.6 is 8.60 Å². The topological polar surface area (TPSA) is 64.6 Å². The van der Waals surface area contributed by atoms with Crippen LogP contribution in [-0.4, -0.2) is 56.8 Å². The van der Waals surface area contributed by atoms with Crippen LogP contribution in [0.15, 0.2) is 0 Å². The maximum atomic E-state index is 5.69. The highest BCUT2D eigenvalue weighted by Gasteiger charge is 2.35. The third-order valence-electron chi connectivity index (χ3n) is 3.10. The van der Waals surface area contributed by atoms with Crippen LogP contribution in [0.25, 0.3) is 0 Å². The van der Waals surface area contributed by atoms with E-state index in [1.165, 1.54) is 0 Å². The monoisotopic (exact) mass is 338 g/mol. The molecule has 2 fully saturated rings. The van der Waals surface area contributed by atoms with Gasteiger partial charge in [0.05, 0.1) is 33.0 Å². The van der Waals surface area contributed by atoms with E-state index >= 15 is 0 Å². The second-order valence-corrected chi connectivity index (χ2v) is 7.36. The van der Waals surface area contributed by atoms with Gasteiger partial charge in [0.1, 0.15) is 12.2 Å². The molecule has 0 aromatic carbocycles. The Labute approximate surface area is 133 Å². The summed E-state index contributed by atoms with van der Waals surface area (Å²) in [4.78, 5) is 0. The fraction of sp³-hybridized carbons (Fsp3) is 1.00. The fourth-order valence-electron chi connectivity index (χ4n) is 2.20. The summed E-state index contributed by atoms with van der Waals surface area (Å²) in [5.74, 6) is -1.10. The quantitative estimate of drug-likeness (QED) is 0.630. The lowest BCUT2D eigenvalue weighted by molar-refractivity contribution is -0.143. The summed E-state index contributed by atoms with van der Waals surface area (Å²) in [5.41, 5.74) is 0. The molecule has 0 bridgehead atoms. The Morgan fingerprint density at radius 3 is 1.64 bits per heavy atom. The fourth-order valence-corrected chi connectivity index (χ4v) is 3.21. The summed E-state index contributed by atoms with van der Waals surface area (Å²) >= 11 is 0. The molecular weight excluding hydrogens is 311 g/mol. The molecule has 0 aliphatic carbocycles. The first kappa shape index (κ1) is 18.5. The summed E-state index contributed by atoms with van der Waals surface area (Å²) in [6.45, 7) is 11.7. The Morgan fingerprint density at radius 2 is 1.32 bits per heavy atom. The smallest absolute Gasteiger partial charge is 0.332 e. The molecule has 2 heterocycles. The van der Waals surface area contributed by atoms with E-state index in [0.29, 0.717) is 33.0 Å². The van der Waals surface area contributed by atoms with Gasteiger partial charge in [0, 0.05) is 0 Å². The molecule has 0 aromatic rings. The van der Waals surface area contributed by atoms with Crippen molar-refractivity contribution in [3.05, 3.63) is 0 Å². The van der Waals surface area contributed by atoms with Gasteiger partial charge in [0.15, 0.2) is 11.6 Å². The molecule has 2 rings (SSSR count). The number of hydrogen-bond donors (Lipinski definition) is 0. The molecule has 0 saturated carbocycles. The number of hydrogen-bond acceptors (Lipinski definition) is 7. The molecule has 22 heavy (non-hydrogen) atoms. The predicted molar refractivity (Wildman–Crippen MR) is 80.3 cm³/mol. The van der Waals surface area contributed by atoms with Crippen molar-refractivity contribution < 1.29 is 32.5 Å². The van der Waals surface area contributed by atoms with Crippen molar-refractivity contribution in [3.63, 3.8) is 0 Å². The van der Waals surface area contributed by atoms with Gasteiger partial charge in [-0.1, -0.05) is 0 Å². The molecule has 2 saturated heterocycles. The molecule has 0 radical (unpaired) electrons. The molecule has 2 atom stereocenters. The van der Waals surface area contributed by atoms with Gasteiger partial charge in [-0.05, 0) is 34.6 Å². The van der Waals surface area contributed by atoms with Crippen LogP contribution in [0.2, 0.25) is 0 Å². The summed E-state index contributed by atoms with van der Waals surface area (Å²) in [6.07, 6.45) is -0.205. The molecule has 130 valence electrons. The third-order valence-corrected chi connectivity index (χ3v) is 4.29. The summed E-state index contributed by atoms with van der Waals surface area (Å²) < 4.78 is 39.2. The zero-order chi connectivity index (χ0) is 16.2. The van der Waals surface area contributed by atoms with Gasteiger partial charge in [-0.3, -0.25) is 0 Å². The van der Waals surface area contributed by atoms with Crippen LogP contribution in [0.5, 0.6) is 0 Å². The van der Waals surface area contributed by atoms with Gasteiger partial charge in [0.2, 0.25) is 0 Å². The van der Waals surface area contributed by atoms with Gasteiger partial charge in [-0.15, -0.1) is 0 Å². The van der Waals surface area contributed by atoms with E-state index in [1.54, 1.807) is 0 Å². The largest absolute Gasteiger partial charge is 0.348 e. The van der Waals surface area contributed by atoms with Crippen molar-refractivity contribution in [1.29, 1.82) is 0 Å². The van der Waals surface area contributed by atoms with Gasteiger partial charge in [0.25, 0.3) is 0 Å². The van der Waals surface area contributed by atoms with Crippen molar-refractivity contribution in [3.8, 4) is 0 Å². The van der Waals surface area contributed by atoms with Gasteiger partial charge >= 0.3 is 8.60 Å². The number of ether oxygens (including phenoxy) is 4. The van der Waals surface area contributed by atoms with E-state index in [1.807, 2.05) is 34.6 Å². The highest BCUT2D eigenvalue weighted by molar-refractivity contribution is 7.41. The Hall–Kier alpha value is 0.150. The maximum absolute atomic E-state index is 5.69. The van der Waals surface area contributed by atoms with E-state index in [0.717, 1.165) is 0 Å². The Morgan fingerprint density at radius 1 is 0.864 bits per heavy atom. The van der Waals surface area contributed by atoms with Crippen molar-refractivity contribution >= 4 is 8.60 Å². The predicted octanol–water partition coefficient (Wildman–Crippen LogP) is 2.59. The minimum absolute atomic E-state index is 0.103. The molecule has 2 aliphatic rings. The molecule has 0 spiro atoms. The highest BCUT2D eigenvalue weighted by Crippen LogP contribution is 2.41. The van der Waals surface area contributed by atoms with Crippen LogP contribution < -0.4 is 0 Å². The van der Waals surface area contributed by atoms with Crippen LogP contribution in [-0.2, 0) is 32.5 Å². The lowest BCUT2D eigenvalue weighted by Gasteiger charge is -2.21. The van der Waals surface area contributed by atoms with Crippen molar-refractivity contribution in [2.24, 2.45) is 0 Å². The zero-order valence-corrected chi connectivity index (χ0v) is 14.9. The minimum Gasteiger partial charge on any atom is -0.348 e. The van der Waals surface area contributed by atoms with E-state index in [4.69, 9.17) is 32.5 Å². The first-order valence-corrected chi connectivity index (χ1v) is 8.71. The molecule has 7 nitrogen and oxygen atoms in total. The second kappa shape index (κ2) is 7.81. The molecule has 0 N–H and O–H groups in total. The average molecular weight is 338 g/mol. The van der Waals surface area contributed by atoms with Crippen molar-refractivity contribution in [2.45, 2.75) is 58.4 Å². The standard InChI is InChI=1S/C14H27O7P/c1-6-17-22(18-9-11-7-15-13(2,3)20-11)19-10-12-8-16-14(4,5)21-12/h11-12H,6-10H2,1-5H3. The van der Waals surface area contributed by atoms with Gasteiger partial charge in [-0.25, -0.2) is 0 Å². The maximum Gasteiger partial charge on any atom is 0.332 e. The van der Waals surface area contributed by atoms with E-state index in [9.17, 15) is 0 Å². The van der Waals surface area contributed by atoms with E-state index in [-0.39, 0.29) is 12.2 Å². The molecule has 2 aliphatic heterocycles. The lowest BCUT2D eigenvalue weighted by atomic mass is 10.4. The summed E-state index contributed by atoms with van der Waals surface area (Å²) in [7, 11) is -1.43. The minimum atomic E-state index is -1.43. The van der Waals surface area contributed by atoms with Gasteiger partial charge in [-0.2, -0.15) is 0 Å². The molecule has 2 unspecified atom stereocenters. The molecule has 0 amide bonds. The summed E-state index contributed by atoms with van der Waals surface area (Å²) in [5, 5.41) is 0. The van der Waals surface area contributed by atoms with Crippen LogP contribution in [0.3, 0.4) is 0 Å².